The van der Waals surface area contributed by atoms with Crippen molar-refractivity contribution >= 4 is 38.6 Å². The van der Waals surface area contributed by atoms with E-state index >= 15 is 0 Å². The highest BCUT2D eigenvalue weighted by atomic mass is 15.1. The molecule has 12 rings (SSSR count). The fraction of sp³-hybridized carbons (Fsp3) is 0. The maximum absolute atomic E-state index is 2.43. The van der Waals surface area contributed by atoms with Crippen molar-refractivity contribution in [1.82, 2.24) is 0 Å². The number of benzene rings is 12. The second kappa shape index (κ2) is 18.3. The molecular formula is C68H47N. The number of hydrogen-bond acceptors (Lipinski definition) is 1. The molecule has 0 bridgehead atoms. The van der Waals surface area contributed by atoms with E-state index in [4.69, 9.17) is 0 Å². The van der Waals surface area contributed by atoms with E-state index in [0.717, 1.165) is 39.3 Å². The minimum absolute atomic E-state index is 1.07. The number of fused-ring (bicyclic) bond motifs is 3. The van der Waals surface area contributed by atoms with Gasteiger partial charge in [-0.15, -0.1) is 0 Å². The number of hydrogen-bond donors (Lipinski definition) is 0. The van der Waals surface area contributed by atoms with E-state index in [-0.39, 0.29) is 0 Å². The van der Waals surface area contributed by atoms with E-state index in [1.54, 1.807) is 0 Å². The summed E-state index contributed by atoms with van der Waals surface area (Å²) >= 11 is 0. The van der Waals surface area contributed by atoms with Crippen LogP contribution < -0.4 is 4.90 Å². The Balaban J connectivity index is 1.03. The Morgan fingerprint density at radius 2 is 0.565 bits per heavy atom. The molecule has 0 aromatic heterocycles. The van der Waals surface area contributed by atoms with Gasteiger partial charge in [0.1, 0.15) is 0 Å². The third-order valence-corrected chi connectivity index (χ3v) is 13.5. The highest BCUT2D eigenvalue weighted by molar-refractivity contribution is 6.22. The molecule has 0 radical (unpaired) electrons. The van der Waals surface area contributed by atoms with Gasteiger partial charge in [-0.2, -0.15) is 0 Å². The first kappa shape index (κ1) is 41.4. The summed E-state index contributed by atoms with van der Waals surface area (Å²) in [5, 5.41) is 4.98. The molecule has 0 atom stereocenters. The van der Waals surface area contributed by atoms with E-state index in [1.165, 1.54) is 77.2 Å². The van der Waals surface area contributed by atoms with Crippen LogP contribution in [0.1, 0.15) is 0 Å². The van der Waals surface area contributed by atoms with Crippen LogP contribution in [0.2, 0.25) is 0 Å². The first-order chi connectivity index (χ1) is 34.2. The van der Waals surface area contributed by atoms with Crippen molar-refractivity contribution in [1.29, 1.82) is 0 Å². The Labute approximate surface area is 404 Å². The maximum Gasteiger partial charge on any atom is 0.0540 e. The molecule has 0 saturated carbocycles. The van der Waals surface area contributed by atoms with Crippen LogP contribution in [0.15, 0.2) is 285 Å². The molecule has 69 heavy (non-hydrogen) atoms. The summed E-state index contributed by atoms with van der Waals surface area (Å²) < 4.78 is 0. The lowest BCUT2D eigenvalue weighted by Crippen LogP contribution is -2.11. The molecule has 0 spiro atoms. The van der Waals surface area contributed by atoms with Crippen molar-refractivity contribution in [3.8, 4) is 77.9 Å². The molecule has 0 aliphatic carbocycles. The van der Waals surface area contributed by atoms with Gasteiger partial charge in [0.15, 0.2) is 0 Å². The molecule has 0 N–H and O–H groups in total. The van der Waals surface area contributed by atoms with Gasteiger partial charge < -0.3 is 4.90 Å². The molecule has 12 aromatic rings. The maximum atomic E-state index is 2.43. The van der Waals surface area contributed by atoms with Crippen molar-refractivity contribution in [3.05, 3.63) is 285 Å². The van der Waals surface area contributed by atoms with Gasteiger partial charge in [0, 0.05) is 16.9 Å². The first-order valence-corrected chi connectivity index (χ1v) is 23.7. The van der Waals surface area contributed by atoms with Crippen molar-refractivity contribution in [2.45, 2.75) is 0 Å². The summed E-state index contributed by atoms with van der Waals surface area (Å²) in [6.45, 7) is 0. The van der Waals surface area contributed by atoms with Crippen LogP contribution in [-0.2, 0) is 0 Å². The average Bonchev–Trinajstić information content (AvgIpc) is 3.44. The number of rotatable bonds is 10. The quantitative estimate of drug-likeness (QED) is 0.124. The lowest BCUT2D eigenvalue weighted by atomic mass is 9.84. The lowest BCUT2D eigenvalue weighted by Gasteiger charge is -2.29. The highest BCUT2D eigenvalue weighted by Gasteiger charge is 2.21. The van der Waals surface area contributed by atoms with Crippen LogP contribution in [0.3, 0.4) is 0 Å². The Hall–Kier alpha value is -9.04. The third kappa shape index (κ3) is 8.07. The zero-order chi connectivity index (χ0) is 45.9. The van der Waals surface area contributed by atoms with Crippen LogP contribution in [-0.4, -0.2) is 0 Å². The second-order valence-corrected chi connectivity index (χ2v) is 17.6. The van der Waals surface area contributed by atoms with Crippen LogP contribution >= 0.6 is 0 Å². The average molecular weight is 878 g/mol. The van der Waals surface area contributed by atoms with Crippen LogP contribution in [0.4, 0.5) is 17.1 Å². The predicted molar refractivity (Wildman–Crippen MR) is 294 cm³/mol. The number of anilines is 3. The topological polar surface area (TPSA) is 3.24 Å². The first-order valence-electron chi connectivity index (χ1n) is 23.7. The summed E-state index contributed by atoms with van der Waals surface area (Å²) in [5.41, 5.74) is 19.9. The molecule has 324 valence electrons. The van der Waals surface area contributed by atoms with Crippen molar-refractivity contribution in [2.75, 3.05) is 4.90 Å². The zero-order valence-electron chi connectivity index (χ0n) is 38.1. The van der Waals surface area contributed by atoms with Crippen molar-refractivity contribution in [2.24, 2.45) is 0 Å². The van der Waals surface area contributed by atoms with Gasteiger partial charge in [-0.25, -0.2) is 0 Å². The van der Waals surface area contributed by atoms with E-state index in [2.05, 4.69) is 290 Å². The van der Waals surface area contributed by atoms with Crippen molar-refractivity contribution < 1.29 is 0 Å². The molecule has 1 heteroatoms. The minimum atomic E-state index is 1.07. The van der Waals surface area contributed by atoms with Gasteiger partial charge >= 0.3 is 0 Å². The third-order valence-electron chi connectivity index (χ3n) is 13.5. The predicted octanol–water partition coefficient (Wildman–Crippen LogP) is 19.1. The molecule has 0 saturated heterocycles. The van der Waals surface area contributed by atoms with Gasteiger partial charge in [-0.3, -0.25) is 0 Å². The van der Waals surface area contributed by atoms with Gasteiger partial charge in [0.05, 0.1) is 5.69 Å². The smallest absolute Gasteiger partial charge is 0.0540 e. The molecule has 0 aliphatic heterocycles. The highest BCUT2D eigenvalue weighted by Crippen LogP contribution is 2.47. The van der Waals surface area contributed by atoms with Gasteiger partial charge in [0.2, 0.25) is 0 Å². The molecule has 1 nitrogen and oxygen atoms in total. The molecular weight excluding hydrogens is 831 g/mol. The monoisotopic (exact) mass is 877 g/mol. The van der Waals surface area contributed by atoms with E-state index < -0.39 is 0 Å². The van der Waals surface area contributed by atoms with Crippen LogP contribution in [0, 0.1) is 0 Å². The fourth-order valence-electron chi connectivity index (χ4n) is 10.1. The van der Waals surface area contributed by atoms with Crippen molar-refractivity contribution in [3.63, 3.8) is 0 Å². The molecule has 0 heterocycles. The zero-order valence-corrected chi connectivity index (χ0v) is 38.1. The van der Waals surface area contributed by atoms with Crippen LogP contribution in [0.5, 0.6) is 0 Å². The molecule has 12 aromatic carbocycles. The van der Waals surface area contributed by atoms with E-state index in [1.807, 2.05) is 0 Å². The normalized spacial score (nSPS) is 11.2. The largest absolute Gasteiger partial charge is 0.310 e. The van der Waals surface area contributed by atoms with Crippen LogP contribution in [0.25, 0.3) is 99.4 Å². The molecule has 0 fully saturated rings. The summed E-state index contributed by atoms with van der Waals surface area (Å²) in [5.74, 6) is 0. The fourth-order valence-corrected chi connectivity index (χ4v) is 10.1. The minimum Gasteiger partial charge on any atom is -0.310 e. The van der Waals surface area contributed by atoms with E-state index in [0.29, 0.717) is 0 Å². The Bertz CT molecular complexity index is 3720. The second-order valence-electron chi connectivity index (χ2n) is 17.6. The molecule has 0 amide bonds. The Morgan fingerprint density at radius 3 is 1.14 bits per heavy atom. The Morgan fingerprint density at radius 1 is 0.188 bits per heavy atom. The standard InChI is InChI=1S/C68H47N/c1-6-19-48(20-7-1)50-33-35-51(36-34-50)52-37-41-59(42-38-52)69(66-44-40-57(49-21-8-2-9-22-49)46-64(66)53-23-10-3-11-24-53)60-30-18-29-56(45-60)58-39-43-62-61-31-16-17-32-63(61)67(54-25-12-4-13-26-54)68(65(62)47-58)55-27-14-5-15-28-55/h1-47H. The number of nitrogens with zero attached hydrogens (tertiary/aromatic N) is 1. The summed E-state index contributed by atoms with van der Waals surface area (Å²) in [4.78, 5) is 2.43. The summed E-state index contributed by atoms with van der Waals surface area (Å²) in [6.07, 6.45) is 0. The summed E-state index contributed by atoms with van der Waals surface area (Å²) in [6, 6.07) is 104. The molecule has 0 aliphatic rings. The van der Waals surface area contributed by atoms with E-state index in [9.17, 15) is 0 Å². The molecule has 0 unspecified atom stereocenters. The van der Waals surface area contributed by atoms with Gasteiger partial charge in [0.25, 0.3) is 0 Å². The lowest BCUT2D eigenvalue weighted by molar-refractivity contribution is 1.28. The van der Waals surface area contributed by atoms with Gasteiger partial charge in [-0.05, 0) is 136 Å². The SMILES string of the molecule is c1ccc(-c2ccc(-c3ccc(N(c4cccc(-c5ccc6c(c5)c(-c5ccccc5)c(-c5ccccc5)c5ccccc56)c4)c4ccc(-c5ccccc5)cc4-c4ccccc4)cc3)cc2)cc1. The Kier molecular flexibility index (Phi) is 11.0. The summed E-state index contributed by atoms with van der Waals surface area (Å²) in [7, 11) is 0. The van der Waals surface area contributed by atoms with Gasteiger partial charge in [-0.1, -0.05) is 243 Å².